The van der Waals surface area contributed by atoms with Gasteiger partial charge in [0.2, 0.25) is 0 Å². The van der Waals surface area contributed by atoms with E-state index in [1.54, 1.807) is 18.3 Å². The first-order chi connectivity index (χ1) is 16.9. The second-order valence-corrected chi connectivity index (χ2v) is 9.92. The molecule has 11 heteroatoms. The molecule has 6 nitrogen and oxygen atoms in total. The summed E-state index contributed by atoms with van der Waals surface area (Å²) in [6, 6.07) is 3.33. The molecule has 1 aromatic carbocycles. The number of aliphatic imine (C=N–C) groups is 1. The maximum Gasteiger partial charge on any atom is 0.333 e. The number of aliphatic hydroxyl groups is 1. The molecule has 0 unspecified atom stereocenters. The molecule has 0 aliphatic carbocycles. The second kappa shape index (κ2) is 9.25. The van der Waals surface area contributed by atoms with Crippen LogP contribution in [0.5, 0.6) is 0 Å². The quantitative estimate of drug-likeness (QED) is 0.407. The summed E-state index contributed by atoms with van der Waals surface area (Å²) in [5.41, 5.74) is 1.87. The first-order valence-electron chi connectivity index (χ1n) is 10.8. The number of allylic oxidation sites excluding steroid dienone is 2. The molecule has 0 spiro atoms. The molecule has 1 fully saturated rings. The van der Waals surface area contributed by atoms with Gasteiger partial charge in [-0.15, -0.1) is 17.9 Å². The molecule has 0 amide bonds. The highest BCUT2D eigenvalue weighted by Crippen LogP contribution is 2.51. The van der Waals surface area contributed by atoms with Crippen LogP contribution < -0.4 is 0 Å². The third kappa shape index (κ3) is 4.19. The molecule has 0 radical (unpaired) electrons. The van der Waals surface area contributed by atoms with Crippen LogP contribution in [0.3, 0.4) is 0 Å². The average Bonchev–Trinajstić information content (AvgIpc) is 3.58. The molecule has 2 aliphatic rings. The van der Waals surface area contributed by atoms with Crippen LogP contribution in [0.1, 0.15) is 41.6 Å². The van der Waals surface area contributed by atoms with Gasteiger partial charge in [-0.05, 0) is 30.5 Å². The van der Waals surface area contributed by atoms with Crippen molar-refractivity contribution in [3.05, 3.63) is 87.5 Å². The molecule has 4 heterocycles. The fraction of sp³-hybridized carbons (Fsp3) is 0.292. The number of amidine groups is 1. The Balaban J connectivity index is 1.76. The van der Waals surface area contributed by atoms with Gasteiger partial charge in [0, 0.05) is 51.6 Å². The van der Waals surface area contributed by atoms with Crippen LogP contribution in [0, 0.1) is 11.2 Å². The molecule has 1 saturated heterocycles. The van der Waals surface area contributed by atoms with Crippen molar-refractivity contribution in [2.24, 2.45) is 10.4 Å². The van der Waals surface area contributed by atoms with Gasteiger partial charge in [-0.25, -0.2) is 14.1 Å². The van der Waals surface area contributed by atoms with E-state index in [9.17, 15) is 18.3 Å². The number of benzene rings is 1. The molecule has 2 atom stereocenters. The second-order valence-electron chi connectivity index (χ2n) is 8.62. The molecule has 3 aromatic rings. The van der Waals surface area contributed by atoms with E-state index in [0.29, 0.717) is 51.6 Å². The Morgan fingerprint density at radius 3 is 2.83 bits per heavy atom. The van der Waals surface area contributed by atoms with Crippen molar-refractivity contribution in [1.29, 1.82) is 0 Å². The van der Waals surface area contributed by atoms with Crippen LogP contribution >= 0.6 is 22.9 Å². The maximum atomic E-state index is 13.9. The Bertz CT molecular complexity index is 1320. The molecule has 1 N–H and O–H groups in total. The van der Waals surface area contributed by atoms with Gasteiger partial charge in [0.05, 0.1) is 12.8 Å². The highest BCUT2D eigenvalue weighted by atomic mass is 35.5. The van der Waals surface area contributed by atoms with Gasteiger partial charge in [0.25, 0.3) is 0 Å². The Kier molecular flexibility index (Phi) is 6.29. The minimum Gasteiger partial charge on any atom is -0.396 e. The summed E-state index contributed by atoms with van der Waals surface area (Å²) in [5.74, 6) is 0.0935. The zero-order chi connectivity index (χ0) is 24.7. The minimum atomic E-state index is -2.81. The van der Waals surface area contributed by atoms with Crippen molar-refractivity contribution in [3.8, 4) is 0 Å². The number of hydrogen-bond donors (Lipinski definition) is 1. The van der Waals surface area contributed by atoms with Crippen LogP contribution in [0.2, 0.25) is 5.02 Å². The fourth-order valence-electron chi connectivity index (χ4n) is 4.77. The summed E-state index contributed by atoms with van der Waals surface area (Å²) in [7, 11) is 0. The fourth-order valence-corrected chi connectivity index (χ4v) is 5.68. The molecule has 182 valence electrons. The lowest BCUT2D eigenvalue weighted by atomic mass is 9.82. The summed E-state index contributed by atoms with van der Waals surface area (Å²) in [6.45, 7) is 1.38. The number of fused-ring (bicyclic) bond motifs is 1. The SMILES string of the molecule is C=CC[C@]1(CO)CC2=C(c3cnn(C(F)F)c3)[C@H](c3ccc(F)cc3Cl)N=C(c3nccs3)N2C1. The minimum absolute atomic E-state index is 0.101. The third-order valence-electron chi connectivity index (χ3n) is 6.36. The Labute approximate surface area is 208 Å². The normalized spacial score (nSPS) is 22.1. The van der Waals surface area contributed by atoms with Crippen molar-refractivity contribution in [2.75, 3.05) is 13.2 Å². The Morgan fingerprint density at radius 2 is 2.20 bits per heavy atom. The van der Waals surface area contributed by atoms with E-state index in [4.69, 9.17) is 16.6 Å². The van der Waals surface area contributed by atoms with Gasteiger partial charge in [-0.1, -0.05) is 23.7 Å². The Morgan fingerprint density at radius 1 is 1.37 bits per heavy atom. The molecule has 2 aromatic heterocycles. The maximum absolute atomic E-state index is 13.9. The lowest BCUT2D eigenvalue weighted by Gasteiger charge is -2.33. The number of thiazole rings is 1. The zero-order valence-electron chi connectivity index (χ0n) is 18.4. The van der Waals surface area contributed by atoms with Gasteiger partial charge in [-0.3, -0.25) is 4.99 Å². The standard InChI is InChI=1S/C24H21ClF3N5OS/c1-2-5-24(13-34)9-18-19(14-10-30-33(11-14)23(27)28)20(16-4-3-15(26)8-17(16)25)31-21(32(18)12-24)22-29-6-7-35-22/h2-4,6-8,10-11,20,23,34H,1,5,9,12-13H2/t20-,24-/m0/s1. The van der Waals surface area contributed by atoms with Crippen molar-refractivity contribution in [3.63, 3.8) is 0 Å². The van der Waals surface area contributed by atoms with E-state index in [0.717, 1.165) is 5.70 Å². The Hall–Kier alpha value is -2.95. The number of hydrogen-bond acceptors (Lipinski definition) is 6. The summed E-state index contributed by atoms with van der Waals surface area (Å²) < 4.78 is 41.3. The number of aliphatic hydroxyl groups excluding tert-OH is 1. The van der Waals surface area contributed by atoms with E-state index >= 15 is 0 Å². The number of halogens is 4. The van der Waals surface area contributed by atoms with E-state index in [2.05, 4.69) is 16.7 Å². The summed E-state index contributed by atoms with van der Waals surface area (Å²) in [5, 5.41) is 16.9. The van der Waals surface area contributed by atoms with Crippen LogP contribution in [0.25, 0.3) is 5.57 Å². The summed E-state index contributed by atoms with van der Waals surface area (Å²) in [6.07, 6.45) is 7.06. The van der Waals surface area contributed by atoms with E-state index in [-0.39, 0.29) is 11.6 Å². The molecule has 35 heavy (non-hydrogen) atoms. The smallest absolute Gasteiger partial charge is 0.333 e. The lowest BCUT2D eigenvalue weighted by molar-refractivity contribution is 0.0566. The van der Waals surface area contributed by atoms with Crippen LogP contribution in [0.4, 0.5) is 13.2 Å². The number of alkyl halides is 2. The van der Waals surface area contributed by atoms with Crippen molar-refractivity contribution in [1.82, 2.24) is 19.7 Å². The molecule has 5 rings (SSSR count). The summed E-state index contributed by atoms with van der Waals surface area (Å²) >= 11 is 7.88. The number of nitrogens with zero attached hydrogens (tertiary/aromatic N) is 5. The van der Waals surface area contributed by atoms with Crippen LogP contribution in [-0.2, 0) is 0 Å². The van der Waals surface area contributed by atoms with Gasteiger partial charge in [-0.2, -0.15) is 13.9 Å². The summed E-state index contributed by atoms with van der Waals surface area (Å²) in [4.78, 5) is 11.4. The van der Waals surface area contributed by atoms with Crippen molar-refractivity contribution < 1.29 is 18.3 Å². The topological polar surface area (TPSA) is 66.5 Å². The first kappa shape index (κ1) is 23.8. The first-order valence-corrected chi connectivity index (χ1v) is 12.1. The zero-order valence-corrected chi connectivity index (χ0v) is 20.0. The molecule has 0 saturated carbocycles. The predicted molar refractivity (Wildman–Crippen MR) is 129 cm³/mol. The highest BCUT2D eigenvalue weighted by Gasteiger charge is 2.47. The predicted octanol–water partition coefficient (Wildman–Crippen LogP) is 5.70. The largest absolute Gasteiger partial charge is 0.396 e. The monoisotopic (exact) mass is 519 g/mol. The van der Waals surface area contributed by atoms with Gasteiger partial charge >= 0.3 is 6.55 Å². The van der Waals surface area contributed by atoms with Crippen molar-refractivity contribution in [2.45, 2.75) is 25.4 Å². The molecular weight excluding hydrogens is 499 g/mol. The van der Waals surface area contributed by atoms with E-state index < -0.39 is 23.8 Å². The molecule has 2 aliphatic heterocycles. The molecular formula is C24H21ClF3N5OS. The third-order valence-corrected chi connectivity index (χ3v) is 7.46. The number of aromatic nitrogens is 3. The highest BCUT2D eigenvalue weighted by molar-refractivity contribution is 7.11. The van der Waals surface area contributed by atoms with Crippen LogP contribution in [0.15, 0.2) is 65.5 Å². The van der Waals surface area contributed by atoms with E-state index in [1.165, 1.54) is 35.9 Å². The van der Waals surface area contributed by atoms with Crippen molar-refractivity contribution >= 4 is 34.3 Å². The van der Waals surface area contributed by atoms with E-state index in [1.807, 2.05) is 10.3 Å². The van der Waals surface area contributed by atoms with Gasteiger partial charge < -0.3 is 10.0 Å². The number of rotatable bonds is 7. The molecule has 0 bridgehead atoms. The van der Waals surface area contributed by atoms with Crippen LogP contribution in [-0.4, -0.2) is 43.8 Å². The lowest BCUT2D eigenvalue weighted by Crippen LogP contribution is -2.36. The van der Waals surface area contributed by atoms with Gasteiger partial charge in [0.15, 0.2) is 10.8 Å². The van der Waals surface area contributed by atoms with Gasteiger partial charge in [0.1, 0.15) is 11.9 Å². The average molecular weight is 520 g/mol.